The zero-order valence-corrected chi connectivity index (χ0v) is 8.98. The van der Waals surface area contributed by atoms with Crippen LogP contribution in [-0.4, -0.2) is 12.6 Å². The molecule has 1 nitrogen and oxygen atoms in total. The Labute approximate surface area is 76.9 Å². The summed E-state index contributed by atoms with van der Waals surface area (Å²) < 4.78 is 0. The fraction of sp³-hybridized carbons (Fsp3) is 1.00. The van der Waals surface area contributed by atoms with Crippen molar-refractivity contribution >= 4 is 0 Å². The van der Waals surface area contributed by atoms with E-state index in [4.69, 9.17) is 0 Å². The highest BCUT2D eigenvalue weighted by atomic mass is 14.9. The lowest BCUT2D eigenvalue weighted by molar-refractivity contribution is 0.208. The SMILES string of the molecule is CC(C)C(C)(C)CNC1CCC1. The Morgan fingerprint density at radius 1 is 1.33 bits per heavy atom. The quantitative estimate of drug-likeness (QED) is 0.682. The van der Waals surface area contributed by atoms with Crippen LogP contribution in [0, 0.1) is 11.3 Å². The first-order valence-electron chi connectivity index (χ1n) is 5.26. The van der Waals surface area contributed by atoms with Crippen molar-refractivity contribution in [1.82, 2.24) is 5.32 Å². The van der Waals surface area contributed by atoms with Crippen LogP contribution in [0.2, 0.25) is 0 Å². The molecule has 1 aliphatic carbocycles. The first-order valence-corrected chi connectivity index (χ1v) is 5.26. The predicted octanol–water partition coefficient (Wildman–Crippen LogP) is 2.81. The summed E-state index contributed by atoms with van der Waals surface area (Å²) in [5.74, 6) is 0.769. The molecule has 1 fully saturated rings. The number of rotatable bonds is 4. The van der Waals surface area contributed by atoms with Gasteiger partial charge in [-0.2, -0.15) is 0 Å². The maximum Gasteiger partial charge on any atom is 0.00673 e. The Bertz CT molecular complexity index is 134. The summed E-state index contributed by atoms with van der Waals surface area (Å²) in [7, 11) is 0. The van der Waals surface area contributed by atoms with E-state index in [1.807, 2.05) is 0 Å². The highest BCUT2D eigenvalue weighted by Gasteiger charge is 2.25. The first-order chi connectivity index (χ1) is 5.52. The summed E-state index contributed by atoms with van der Waals surface area (Å²) in [6, 6.07) is 0.836. The first kappa shape index (κ1) is 10.0. The lowest BCUT2D eigenvalue weighted by Gasteiger charge is -2.34. The minimum Gasteiger partial charge on any atom is -0.313 e. The van der Waals surface area contributed by atoms with Gasteiger partial charge in [-0.25, -0.2) is 0 Å². The van der Waals surface area contributed by atoms with Gasteiger partial charge in [0.2, 0.25) is 0 Å². The van der Waals surface area contributed by atoms with Gasteiger partial charge in [0.1, 0.15) is 0 Å². The predicted molar refractivity (Wildman–Crippen MR) is 54.3 cm³/mol. The summed E-state index contributed by atoms with van der Waals surface area (Å²) in [6.45, 7) is 10.5. The van der Waals surface area contributed by atoms with E-state index in [1.54, 1.807) is 0 Å². The Morgan fingerprint density at radius 3 is 2.25 bits per heavy atom. The molecule has 0 spiro atoms. The molecular formula is C11H23N. The average molecular weight is 169 g/mol. The summed E-state index contributed by atoms with van der Waals surface area (Å²) >= 11 is 0. The van der Waals surface area contributed by atoms with E-state index in [9.17, 15) is 0 Å². The van der Waals surface area contributed by atoms with Gasteiger partial charge in [0.05, 0.1) is 0 Å². The molecule has 1 rings (SSSR count). The van der Waals surface area contributed by atoms with E-state index >= 15 is 0 Å². The summed E-state index contributed by atoms with van der Waals surface area (Å²) in [5, 5.41) is 3.64. The molecule has 0 unspecified atom stereocenters. The van der Waals surface area contributed by atoms with Crippen molar-refractivity contribution in [1.29, 1.82) is 0 Å². The minimum atomic E-state index is 0.454. The smallest absolute Gasteiger partial charge is 0.00673 e. The van der Waals surface area contributed by atoms with Crippen molar-refractivity contribution in [3.8, 4) is 0 Å². The molecule has 1 N–H and O–H groups in total. The third kappa shape index (κ3) is 2.48. The molecule has 0 heterocycles. The van der Waals surface area contributed by atoms with Gasteiger partial charge < -0.3 is 5.32 Å². The Hall–Kier alpha value is -0.0400. The van der Waals surface area contributed by atoms with E-state index in [1.165, 1.54) is 25.8 Å². The van der Waals surface area contributed by atoms with Crippen LogP contribution < -0.4 is 5.32 Å². The van der Waals surface area contributed by atoms with Crippen molar-refractivity contribution in [3.05, 3.63) is 0 Å². The molecule has 1 aliphatic rings. The summed E-state index contributed by atoms with van der Waals surface area (Å²) in [5.41, 5.74) is 0.454. The number of nitrogens with one attached hydrogen (secondary N) is 1. The molecular weight excluding hydrogens is 146 g/mol. The monoisotopic (exact) mass is 169 g/mol. The van der Waals surface area contributed by atoms with Crippen molar-refractivity contribution in [2.24, 2.45) is 11.3 Å². The molecule has 12 heavy (non-hydrogen) atoms. The molecule has 0 amide bonds. The lowest BCUT2D eigenvalue weighted by Crippen LogP contribution is -2.42. The molecule has 0 atom stereocenters. The molecule has 0 saturated heterocycles. The van der Waals surface area contributed by atoms with Gasteiger partial charge in [-0.15, -0.1) is 0 Å². The lowest BCUT2D eigenvalue weighted by atomic mass is 9.80. The van der Waals surface area contributed by atoms with E-state index in [0.29, 0.717) is 5.41 Å². The van der Waals surface area contributed by atoms with Gasteiger partial charge in [-0.3, -0.25) is 0 Å². The van der Waals surface area contributed by atoms with Gasteiger partial charge in [0, 0.05) is 12.6 Å². The third-order valence-electron chi connectivity index (χ3n) is 3.51. The molecule has 0 aromatic rings. The van der Waals surface area contributed by atoms with Crippen LogP contribution in [0.3, 0.4) is 0 Å². The third-order valence-corrected chi connectivity index (χ3v) is 3.51. The Morgan fingerprint density at radius 2 is 1.92 bits per heavy atom. The molecule has 0 bridgehead atoms. The molecule has 0 aromatic carbocycles. The fourth-order valence-electron chi connectivity index (χ4n) is 1.22. The van der Waals surface area contributed by atoms with Gasteiger partial charge >= 0.3 is 0 Å². The molecule has 72 valence electrons. The van der Waals surface area contributed by atoms with Crippen LogP contribution in [0.1, 0.15) is 47.0 Å². The van der Waals surface area contributed by atoms with Crippen LogP contribution in [0.25, 0.3) is 0 Å². The standard InChI is InChI=1S/C11H23N/c1-9(2)11(3,4)8-12-10-6-5-7-10/h9-10,12H,5-8H2,1-4H3. The normalized spacial score (nSPS) is 19.8. The van der Waals surface area contributed by atoms with Crippen molar-refractivity contribution in [2.45, 2.75) is 53.0 Å². The van der Waals surface area contributed by atoms with Crippen LogP contribution in [0.4, 0.5) is 0 Å². The zero-order valence-electron chi connectivity index (χ0n) is 8.98. The van der Waals surface area contributed by atoms with E-state index in [2.05, 4.69) is 33.0 Å². The van der Waals surface area contributed by atoms with Gasteiger partial charge in [-0.1, -0.05) is 34.1 Å². The second kappa shape index (κ2) is 3.78. The molecule has 0 aliphatic heterocycles. The second-order valence-corrected chi connectivity index (χ2v) is 5.15. The number of hydrogen-bond donors (Lipinski definition) is 1. The van der Waals surface area contributed by atoms with Crippen LogP contribution in [0.5, 0.6) is 0 Å². The van der Waals surface area contributed by atoms with Crippen LogP contribution >= 0.6 is 0 Å². The molecule has 1 heteroatoms. The van der Waals surface area contributed by atoms with Crippen molar-refractivity contribution < 1.29 is 0 Å². The van der Waals surface area contributed by atoms with Crippen molar-refractivity contribution in [2.75, 3.05) is 6.54 Å². The van der Waals surface area contributed by atoms with E-state index < -0.39 is 0 Å². The maximum atomic E-state index is 3.64. The van der Waals surface area contributed by atoms with E-state index in [-0.39, 0.29) is 0 Å². The molecule has 0 aromatic heterocycles. The van der Waals surface area contributed by atoms with Crippen LogP contribution in [0.15, 0.2) is 0 Å². The highest BCUT2D eigenvalue weighted by molar-refractivity contribution is 4.81. The minimum absolute atomic E-state index is 0.454. The largest absolute Gasteiger partial charge is 0.313 e. The molecule has 1 saturated carbocycles. The number of hydrogen-bond acceptors (Lipinski definition) is 1. The Kier molecular flexibility index (Phi) is 3.16. The van der Waals surface area contributed by atoms with Crippen molar-refractivity contribution in [3.63, 3.8) is 0 Å². The molecule has 0 radical (unpaired) electrons. The topological polar surface area (TPSA) is 12.0 Å². The second-order valence-electron chi connectivity index (χ2n) is 5.15. The summed E-state index contributed by atoms with van der Waals surface area (Å²) in [4.78, 5) is 0. The average Bonchev–Trinajstić information content (AvgIpc) is 1.83. The highest BCUT2D eigenvalue weighted by Crippen LogP contribution is 2.26. The van der Waals surface area contributed by atoms with Gasteiger partial charge in [0.25, 0.3) is 0 Å². The zero-order chi connectivity index (χ0) is 9.19. The van der Waals surface area contributed by atoms with Crippen LogP contribution in [-0.2, 0) is 0 Å². The fourth-order valence-corrected chi connectivity index (χ4v) is 1.22. The summed E-state index contributed by atoms with van der Waals surface area (Å²) in [6.07, 6.45) is 4.22. The maximum absolute atomic E-state index is 3.64. The van der Waals surface area contributed by atoms with E-state index in [0.717, 1.165) is 12.0 Å². The van der Waals surface area contributed by atoms with Gasteiger partial charge in [0.15, 0.2) is 0 Å². The van der Waals surface area contributed by atoms with Gasteiger partial charge in [-0.05, 0) is 24.2 Å². The Balaban J connectivity index is 2.19.